The lowest BCUT2D eigenvalue weighted by Gasteiger charge is -2.34. The zero-order valence-corrected chi connectivity index (χ0v) is 23.9. The highest BCUT2D eigenvalue weighted by Gasteiger charge is 2.74. The maximum absolute atomic E-state index is 15.4. The van der Waals surface area contributed by atoms with Crippen LogP contribution in [0.3, 0.4) is 0 Å². The quantitative estimate of drug-likeness (QED) is 0.161. The number of carbonyl (C=O) groups excluding carboxylic acids is 1. The Hall–Kier alpha value is -3.56. The number of fused-ring (bicyclic) bond motifs is 1. The van der Waals surface area contributed by atoms with Gasteiger partial charge in [-0.3, -0.25) is 13.9 Å². The average Bonchev–Trinajstić information content (AvgIpc) is 3.12. The van der Waals surface area contributed by atoms with Crippen molar-refractivity contribution >= 4 is 30.3 Å². The predicted octanol–water partition coefficient (Wildman–Crippen LogP) is 3.64. The summed E-state index contributed by atoms with van der Waals surface area (Å²) in [6.45, 7) is 2.46. The van der Waals surface area contributed by atoms with E-state index < -0.39 is 68.4 Å². The Labute approximate surface area is 242 Å². The summed E-state index contributed by atoms with van der Waals surface area (Å²) < 4.78 is 94.8. The number of hydrogen-bond acceptors (Lipinski definition) is 10. The van der Waals surface area contributed by atoms with Gasteiger partial charge in [-0.25, -0.2) is 18.1 Å². The van der Waals surface area contributed by atoms with Crippen LogP contribution in [0.5, 0.6) is 5.75 Å². The molecule has 1 aliphatic rings. The molecule has 234 valence electrons. The van der Waals surface area contributed by atoms with E-state index >= 15 is 8.78 Å². The first-order valence-corrected chi connectivity index (χ1v) is 14.4. The second-order valence-corrected chi connectivity index (χ2v) is 11.7. The molecule has 43 heavy (non-hydrogen) atoms. The number of nitrogen functional groups attached to an aromatic ring is 1. The van der Waals surface area contributed by atoms with Gasteiger partial charge >= 0.3 is 25.3 Å². The molecular formula is C26H29F4N4O8P. The number of benzene rings is 2. The van der Waals surface area contributed by atoms with Crippen LogP contribution in [0, 0.1) is 0 Å². The molecule has 1 saturated heterocycles. The van der Waals surface area contributed by atoms with Crippen LogP contribution in [0.2, 0.25) is 0 Å². The van der Waals surface area contributed by atoms with Crippen molar-refractivity contribution in [1.29, 1.82) is 0 Å². The number of halogens is 4. The SMILES string of the molecule is CC(C)OC(=O)[C@H](C)NP(=O)(OC[C@@]1(C(F)F)O[C@@H](n2ccc(N)nc2=O)[C@H](O)C1(F)F)Oc1ccc2ccccc2c1. The molecule has 4 rings (SSSR count). The van der Waals surface area contributed by atoms with Crippen molar-refractivity contribution in [3.8, 4) is 5.75 Å². The van der Waals surface area contributed by atoms with E-state index in [0.717, 1.165) is 17.6 Å². The molecule has 0 radical (unpaired) electrons. The third-order valence-corrected chi connectivity index (χ3v) is 8.09. The summed E-state index contributed by atoms with van der Waals surface area (Å²) in [7, 11) is -4.97. The van der Waals surface area contributed by atoms with E-state index in [2.05, 4.69) is 10.1 Å². The van der Waals surface area contributed by atoms with Crippen molar-refractivity contribution in [1.82, 2.24) is 14.6 Å². The fourth-order valence-corrected chi connectivity index (χ4v) is 5.78. The predicted molar refractivity (Wildman–Crippen MR) is 145 cm³/mol. The van der Waals surface area contributed by atoms with Gasteiger partial charge in [0.1, 0.15) is 17.6 Å². The highest BCUT2D eigenvalue weighted by atomic mass is 31.2. The summed E-state index contributed by atoms with van der Waals surface area (Å²) in [4.78, 5) is 28.0. The normalized spacial score (nSPS) is 23.8. The van der Waals surface area contributed by atoms with E-state index in [1.165, 1.54) is 19.1 Å². The second kappa shape index (κ2) is 12.2. The number of aliphatic hydroxyl groups is 1. The number of esters is 1. The van der Waals surface area contributed by atoms with Gasteiger partial charge in [-0.15, -0.1) is 0 Å². The van der Waals surface area contributed by atoms with E-state index in [9.17, 15) is 28.0 Å². The molecule has 12 nitrogen and oxygen atoms in total. The molecule has 1 unspecified atom stereocenters. The first-order valence-electron chi connectivity index (χ1n) is 12.9. The van der Waals surface area contributed by atoms with E-state index in [0.29, 0.717) is 9.95 Å². The molecule has 0 bridgehead atoms. The summed E-state index contributed by atoms with van der Waals surface area (Å²) >= 11 is 0. The van der Waals surface area contributed by atoms with Gasteiger partial charge in [-0.05, 0) is 49.7 Å². The van der Waals surface area contributed by atoms with E-state index in [1.54, 1.807) is 44.2 Å². The van der Waals surface area contributed by atoms with Gasteiger partial charge in [0.2, 0.25) is 5.60 Å². The lowest BCUT2D eigenvalue weighted by Crippen LogP contribution is -2.57. The highest BCUT2D eigenvalue weighted by molar-refractivity contribution is 7.52. The monoisotopic (exact) mass is 632 g/mol. The van der Waals surface area contributed by atoms with Crippen LogP contribution in [-0.4, -0.2) is 63.4 Å². The maximum Gasteiger partial charge on any atom is 0.459 e. The number of nitrogens with two attached hydrogens (primary N) is 1. The molecule has 2 aromatic carbocycles. The standard InChI is InChI=1S/C26H29F4N4O8P/c1-14(2)40-22(36)15(3)33-43(38,42-18-9-8-16-6-4-5-7-17(16)12-18)39-13-25(23(27)28)26(29,30)20(35)21(41-25)34-11-10-19(31)32-24(34)37/h4-12,14-15,20-21,23,35H,13H2,1-3H3,(H,33,38)(H2,31,32,37)/t15-,20-,21+,25-,43?/m0/s1. The van der Waals surface area contributed by atoms with Crippen molar-refractivity contribution in [2.75, 3.05) is 12.3 Å². The van der Waals surface area contributed by atoms with Gasteiger partial charge in [-0.1, -0.05) is 30.3 Å². The number of anilines is 1. The minimum absolute atomic E-state index is 0.124. The number of carbonyl (C=O) groups is 1. The summed E-state index contributed by atoms with van der Waals surface area (Å²) in [5, 5.41) is 14.0. The molecule has 1 fully saturated rings. The summed E-state index contributed by atoms with van der Waals surface area (Å²) in [6.07, 6.45) is -9.18. The molecule has 3 aromatic rings. The van der Waals surface area contributed by atoms with Crippen molar-refractivity contribution in [3.63, 3.8) is 0 Å². The van der Waals surface area contributed by atoms with Crippen molar-refractivity contribution in [3.05, 3.63) is 65.2 Å². The second-order valence-electron chi connectivity index (χ2n) is 10.0. The van der Waals surface area contributed by atoms with E-state index in [4.69, 9.17) is 24.3 Å². The van der Waals surface area contributed by atoms with E-state index in [1.807, 2.05) is 0 Å². The Bertz CT molecular complexity index is 1590. The maximum atomic E-state index is 15.4. The lowest BCUT2D eigenvalue weighted by molar-refractivity contribution is -0.242. The molecule has 2 heterocycles. The molecule has 0 aliphatic carbocycles. The number of aliphatic hydroxyl groups excluding tert-OH is 1. The summed E-state index contributed by atoms with van der Waals surface area (Å²) in [5.41, 5.74) is 0.183. The van der Waals surface area contributed by atoms with Crippen molar-refractivity contribution in [2.24, 2.45) is 0 Å². The van der Waals surface area contributed by atoms with Gasteiger partial charge in [0.25, 0.3) is 6.43 Å². The van der Waals surface area contributed by atoms with Gasteiger partial charge in [-0.2, -0.15) is 18.9 Å². The van der Waals surface area contributed by atoms with Crippen LogP contribution in [0.1, 0.15) is 27.0 Å². The van der Waals surface area contributed by atoms with Crippen LogP contribution in [0.4, 0.5) is 23.4 Å². The number of ether oxygens (including phenoxy) is 2. The third kappa shape index (κ3) is 6.53. The third-order valence-electron chi connectivity index (χ3n) is 6.47. The molecular weight excluding hydrogens is 603 g/mol. The van der Waals surface area contributed by atoms with Crippen LogP contribution in [0.15, 0.2) is 59.5 Å². The van der Waals surface area contributed by atoms with Crippen molar-refractivity contribution in [2.45, 2.75) is 63.2 Å². The number of aromatic nitrogens is 2. The molecule has 1 aliphatic heterocycles. The van der Waals surface area contributed by atoms with Gasteiger partial charge in [0, 0.05) is 6.20 Å². The van der Waals surface area contributed by atoms with Crippen LogP contribution in [0.25, 0.3) is 10.8 Å². The van der Waals surface area contributed by atoms with Gasteiger partial charge in [0.05, 0.1) is 12.7 Å². The molecule has 17 heteroatoms. The highest BCUT2D eigenvalue weighted by Crippen LogP contribution is 2.54. The topological polar surface area (TPSA) is 164 Å². The number of nitrogens with zero attached hydrogens (tertiary/aromatic N) is 2. The smallest absolute Gasteiger partial charge is 0.459 e. The van der Waals surface area contributed by atoms with Gasteiger partial charge < -0.3 is 24.8 Å². The average molecular weight is 633 g/mol. The minimum atomic E-state index is -4.97. The van der Waals surface area contributed by atoms with Crippen molar-refractivity contribution < 1.29 is 50.5 Å². The van der Waals surface area contributed by atoms with E-state index in [-0.39, 0.29) is 11.6 Å². The fourth-order valence-electron chi connectivity index (χ4n) is 4.26. The molecule has 0 amide bonds. The molecule has 5 atom stereocenters. The number of alkyl halides is 4. The molecule has 1 aromatic heterocycles. The Morgan fingerprint density at radius 1 is 1.19 bits per heavy atom. The zero-order chi connectivity index (χ0) is 31.7. The fraction of sp³-hybridized carbons (Fsp3) is 0.423. The Morgan fingerprint density at radius 2 is 1.86 bits per heavy atom. The number of hydrogen-bond donors (Lipinski definition) is 3. The Morgan fingerprint density at radius 3 is 2.49 bits per heavy atom. The Kier molecular flexibility index (Phi) is 9.19. The molecule has 0 saturated carbocycles. The molecule has 0 spiro atoms. The van der Waals surface area contributed by atoms with Crippen LogP contribution < -0.4 is 21.0 Å². The summed E-state index contributed by atoms with van der Waals surface area (Å²) in [6, 6.07) is 10.9. The summed E-state index contributed by atoms with van der Waals surface area (Å²) in [5.74, 6) is -6.13. The first-order chi connectivity index (χ1) is 20.1. The first kappa shape index (κ1) is 32.4. The Balaban J connectivity index is 1.68. The number of rotatable bonds is 11. The largest absolute Gasteiger partial charge is 0.462 e. The molecule has 4 N–H and O–H groups in total. The van der Waals surface area contributed by atoms with Crippen LogP contribution >= 0.6 is 7.75 Å². The minimum Gasteiger partial charge on any atom is -0.462 e. The zero-order valence-electron chi connectivity index (χ0n) is 23.0. The number of nitrogens with one attached hydrogen (secondary N) is 1. The van der Waals surface area contributed by atoms with Crippen LogP contribution in [-0.2, 0) is 23.4 Å². The lowest BCUT2D eigenvalue weighted by atomic mass is 9.95. The van der Waals surface area contributed by atoms with Gasteiger partial charge in [0.15, 0.2) is 12.3 Å².